The molecule has 22 heavy (non-hydrogen) atoms. The third kappa shape index (κ3) is 3.30. The Kier molecular flexibility index (Phi) is 4.55. The number of carbonyl (C=O) groups is 2. The molecule has 2 rings (SSSR count). The summed E-state index contributed by atoms with van der Waals surface area (Å²) in [6.07, 6.45) is 0.836. The maximum atomic E-state index is 13.6. The first-order valence-corrected chi connectivity index (χ1v) is 6.73. The molecule has 0 fully saturated rings. The Morgan fingerprint density at radius 3 is 2.77 bits per heavy atom. The Hall–Kier alpha value is -2.70. The highest BCUT2D eigenvalue weighted by atomic mass is 19.1. The first kappa shape index (κ1) is 15.7. The Morgan fingerprint density at radius 2 is 2.14 bits per heavy atom. The molecule has 6 nitrogen and oxygen atoms in total. The van der Waals surface area contributed by atoms with Gasteiger partial charge in [0, 0.05) is 12.0 Å². The Balaban J connectivity index is 2.20. The quantitative estimate of drug-likeness (QED) is 0.884. The number of anilines is 1. The predicted octanol–water partition coefficient (Wildman–Crippen LogP) is 3.28. The summed E-state index contributed by atoms with van der Waals surface area (Å²) in [6, 6.07) is 4.62. The molecule has 2 aromatic rings. The molecule has 2 N–H and O–H groups in total. The molecule has 0 aliphatic rings. The van der Waals surface area contributed by atoms with Crippen LogP contribution in [-0.2, 0) is 0 Å². The van der Waals surface area contributed by atoms with Gasteiger partial charge in [0.2, 0.25) is 5.76 Å². The molecule has 1 aromatic carbocycles. The number of carboxylic acid groups (broad SMARTS) is 1. The van der Waals surface area contributed by atoms with Crippen molar-refractivity contribution in [3.8, 4) is 0 Å². The summed E-state index contributed by atoms with van der Waals surface area (Å²) in [4.78, 5) is 22.9. The molecule has 7 heteroatoms. The molecule has 0 spiro atoms. The third-order valence-electron chi connectivity index (χ3n) is 3.33. The maximum Gasteiger partial charge on any atom is 0.335 e. The number of nitrogens with zero attached hydrogens (tertiary/aromatic N) is 1. The molecule has 0 bridgehead atoms. The van der Waals surface area contributed by atoms with Gasteiger partial charge in [-0.3, -0.25) is 4.79 Å². The van der Waals surface area contributed by atoms with Crippen molar-refractivity contribution in [2.75, 3.05) is 5.32 Å². The van der Waals surface area contributed by atoms with Crippen LogP contribution in [0.4, 0.5) is 10.1 Å². The lowest BCUT2D eigenvalue weighted by molar-refractivity contribution is 0.0696. The third-order valence-corrected chi connectivity index (χ3v) is 3.33. The lowest BCUT2D eigenvalue weighted by Gasteiger charge is -2.05. The number of nitrogens with one attached hydrogen (secondary N) is 1. The van der Waals surface area contributed by atoms with E-state index in [9.17, 15) is 14.0 Å². The number of hydrogen-bond donors (Lipinski definition) is 2. The molecular formula is C15H15FN2O4. The average molecular weight is 306 g/mol. The lowest BCUT2D eigenvalue weighted by Crippen LogP contribution is -2.13. The van der Waals surface area contributed by atoms with E-state index in [0.29, 0.717) is 5.69 Å². The molecule has 1 heterocycles. The highest BCUT2D eigenvalue weighted by Gasteiger charge is 2.18. The number of amides is 1. The second-order valence-corrected chi connectivity index (χ2v) is 4.88. The van der Waals surface area contributed by atoms with Crippen LogP contribution in [0, 0.1) is 5.82 Å². The minimum atomic E-state index is -1.21. The van der Waals surface area contributed by atoms with Gasteiger partial charge in [0.25, 0.3) is 5.91 Å². The summed E-state index contributed by atoms with van der Waals surface area (Å²) in [7, 11) is 0. The van der Waals surface area contributed by atoms with Gasteiger partial charge in [0.1, 0.15) is 5.82 Å². The normalized spacial score (nSPS) is 12.0. The summed E-state index contributed by atoms with van der Waals surface area (Å²) < 4.78 is 18.6. The van der Waals surface area contributed by atoms with E-state index in [0.717, 1.165) is 24.6 Å². The van der Waals surface area contributed by atoms with Gasteiger partial charge < -0.3 is 14.9 Å². The van der Waals surface area contributed by atoms with Gasteiger partial charge in [-0.2, -0.15) is 0 Å². The Bertz CT molecular complexity index is 711. The van der Waals surface area contributed by atoms with E-state index in [-0.39, 0.29) is 22.9 Å². The van der Waals surface area contributed by atoms with Crippen LogP contribution in [0.2, 0.25) is 0 Å². The summed E-state index contributed by atoms with van der Waals surface area (Å²) in [5.41, 5.74) is 0.272. The smallest absolute Gasteiger partial charge is 0.335 e. The minimum Gasteiger partial charge on any atom is -0.478 e. The van der Waals surface area contributed by atoms with Crippen molar-refractivity contribution in [2.45, 2.75) is 26.2 Å². The first-order valence-electron chi connectivity index (χ1n) is 6.73. The fourth-order valence-electron chi connectivity index (χ4n) is 1.78. The van der Waals surface area contributed by atoms with Crippen LogP contribution >= 0.6 is 0 Å². The summed E-state index contributed by atoms with van der Waals surface area (Å²) in [6.45, 7) is 3.92. The van der Waals surface area contributed by atoms with Crippen molar-refractivity contribution in [3.63, 3.8) is 0 Å². The Labute approximate surface area is 125 Å². The molecule has 0 aliphatic heterocycles. The van der Waals surface area contributed by atoms with E-state index in [1.165, 1.54) is 6.07 Å². The van der Waals surface area contributed by atoms with E-state index < -0.39 is 17.7 Å². The molecule has 1 amide bonds. The molecule has 1 aromatic heterocycles. The molecule has 0 aliphatic carbocycles. The number of benzene rings is 1. The highest BCUT2D eigenvalue weighted by molar-refractivity contribution is 6.03. The number of carboxylic acids is 1. The van der Waals surface area contributed by atoms with Gasteiger partial charge in [-0.05, 0) is 24.6 Å². The molecule has 0 radical (unpaired) electrons. The van der Waals surface area contributed by atoms with E-state index in [4.69, 9.17) is 9.63 Å². The number of carbonyl (C=O) groups excluding carboxylic acids is 1. The average Bonchev–Trinajstić information content (AvgIpc) is 2.98. The van der Waals surface area contributed by atoms with Gasteiger partial charge in [-0.15, -0.1) is 0 Å². The largest absolute Gasteiger partial charge is 0.478 e. The van der Waals surface area contributed by atoms with Crippen LogP contribution in [0.5, 0.6) is 0 Å². The molecule has 0 saturated heterocycles. The zero-order valence-electron chi connectivity index (χ0n) is 12.1. The molecular weight excluding hydrogens is 291 g/mol. The molecule has 1 atom stereocenters. The first-order chi connectivity index (χ1) is 10.4. The van der Waals surface area contributed by atoms with Crippen LogP contribution in [0.3, 0.4) is 0 Å². The van der Waals surface area contributed by atoms with Crippen molar-refractivity contribution in [2.24, 2.45) is 0 Å². The van der Waals surface area contributed by atoms with Crippen molar-refractivity contribution in [1.82, 2.24) is 5.16 Å². The number of hydrogen-bond acceptors (Lipinski definition) is 4. The standard InChI is InChI=1S/C15H15FN2O4/c1-3-8(2)11-7-13(22-18-11)14(19)17-12-6-9(15(20)21)4-5-10(12)16/h4-8H,3H2,1-2H3,(H,17,19)(H,20,21)/t8-/m0/s1. The number of halogens is 1. The van der Waals surface area contributed by atoms with Gasteiger partial charge in [-0.25, -0.2) is 9.18 Å². The second-order valence-electron chi connectivity index (χ2n) is 4.88. The van der Waals surface area contributed by atoms with Crippen LogP contribution < -0.4 is 5.32 Å². The van der Waals surface area contributed by atoms with E-state index in [1.807, 2.05) is 13.8 Å². The van der Waals surface area contributed by atoms with Gasteiger partial charge in [0.15, 0.2) is 0 Å². The van der Waals surface area contributed by atoms with Crippen molar-refractivity contribution >= 4 is 17.6 Å². The Morgan fingerprint density at radius 1 is 1.41 bits per heavy atom. The molecule has 0 unspecified atom stereocenters. The van der Waals surface area contributed by atoms with E-state index in [2.05, 4.69) is 10.5 Å². The molecule has 0 saturated carbocycles. The monoisotopic (exact) mass is 306 g/mol. The van der Waals surface area contributed by atoms with Gasteiger partial charge >= 0.3 is 5.97 Å². The fraction of sp³-hybridized carbons (Fsp3) is 0.267. The van der Waals surface area contributed by atoms with Gasteiger partial charge in [0.05, 0.1) is 16.9 Å². The maximum absolute atomic E-state index is 13.6. The van der Waals surface area contributed by atoms with Crippen molar-refractivity contribution < 1.29 is 23.6 Å². The predicted molar refractivity (Wildman–Crippen MR) is 76.5 cm³/mol. The second kappa shape index (κ2) is 6.38. The summed E-state index contributed by atoms with van der Waals surface area (Å²) in [5.74, 6) is -2.56. The van der Waals surface area contributed by atoms with Crippen molar-refractivity contribution in [1.29, 1.82) is 0 Å². The zero-order valence-corrected chi connectivity index (χ0v) is 12.1. The minimum absolute atomic E-state index is 0.0598. The number of rotatable bonds is 5. The fourth-order valence-corrected chi connectivity index (χ4v) is 1.78. The van der Waals surface area contributed by atoms with Crippen LogP contribution in [0.15, 0.2) is 28.8 Å². The van der Waals surface area contributed by atoms with Gasteiger partial charge in [-0.1, -0.05) is 19.0 Å². The van der Waals surface area contributed by atoms with E-state index >= 15 is 0 Å². The number of aromatic carboxylic acids is 1. The summed E-state index contributed by atoms with van der Waals surface area (Å²) in [5, 5.41) is 15.0. The number of aromatic nitrogens is 1. The highest BCUT2D eigenvalue weighted by Crippen LogP contribution is 2.20. The summed E-state index contributed by atoms with van der Waals surface area (Å²) >= 11 is 0. The zero-order chi connectivity index (χ0) is 16.3. The molecule has 116 valence electrons. The SMILES string of the molecule is CC[C@H](C)c1cc(C(=O)Nc2cc(C(=O)O)ccc2F)on1. The topological polar surface area (TPSA) is 92.4 Å². The van der Waals surface area contributed by atoms with Crippen LogP contribution in [0.1, 0.15) is 52.8 Å². The van der Waals surface area contributed by atoms with E-state index in [1.54, 1.807) is 0 Å². The van der Waals surface area contributed by atoms with Crippen LogP contribution in [0.25, 0.3) is 0 Å². The lowest BCUT2D eigenvalue weighted by atomic mass is 10.1. The van der Waals surface area contributed by atoms with Crippen LogP contribution in [-0.4, -0.2) is 22.1 Å². The van der Waals surface area contributed by atoms with Crippen molar-refractivity contribution in [3.05, 3.63) is 47.1 Å².